The summed E-state index contributed by atoms with van der Waals surface area (Å²) in [4.78, 5) is 11.1. The number of hydrogen-bond donors (Lipinski definition) is 2. The molecule has 156 valence electrons. The van der Waals surface area contributed by atoms with Crippen molar-refractivity contribution >= 4 is 34.9 Å². The van der Waals surface area contributed by atoms with E-state index in [2.05, 4.69) is 10.4 Å². The Morgan fingerprint density at radius 1 is 1.03 bits per heavy atom. The molecule has 8 heteroatoms. The van der Waals surface area contributed by atoms with Crippen molar-refractivity contribution in [1.82, 2.24) is 9.78 Å². The Bertz CT molecular complexity index is 1240. The molecule has 0 fully saturated rings. The molecule has 5 nitrogen and oxygen atoms in total. The van der Waals surface area contributed by atoms with Crippen LogP contribution >= 0.6 is 23.2 Å². The minimum Gasteiger partial charge on any atom is -0.478 e. The normalized spacial score (nSPS) is 10.8. The first-order chi connectivity index (χ1) is 14.9. The molecule has 4 aromatic rings. The van der Waals surface area contributed by atoms with Gasteiger partial charge in [0.05, 0.1) is 16.9 Å². The summed E-state index contributed by atoms with van der Waals surface area (Å²) in [5, 5.41) is 18.0. The Morgan fingerprint density at radius 3 is 2.39 bits per heavy atom. The average Bonchev–Trinajstić information content (AvgIpc) is 3.16. The molecule has 0 bridgehead atoms. The summed E-state index contributed by atoms with van der Waals surface area (Å²) in [6, 6.07) is 17.7. The van der Waals surface area contributed by atoms with Gasteiger partial charge in [0.1, 0.15) is 5.82 Å². The number of nitrogens with one attached hydrogen (secondary N) is 1. The minimum atomic E-state index is -1.00. The van der Waals surface area contributed by atoms with E-state index in [4.69, 9.17) is 28.3 Å². The highest BCUT2D eigenvalue weighted by atomic mass is 35.5. The van der Waals surface area contributed by atoms with Crippen LogP contribution in [0, 0.1) is 5.82 Å². The summed E-state index contributed by atoms with van der Waals surface area (Å²) in [5.74, 6) is -1.36. The molecule has 0 aliphatic heterocycles. The van der Waals surface area contributed by atoms with E-state index in [0.29, 0.717) is 33.5 Å². The van der Waals surface area contributed by atoms with Gasteiger partial charge in [0.15, 0.2) is 0 Å². The highest BCUT2D eigenvalue weighted by Gasteiger charge is 2.14. The molecule has 0 amide bonds. The number of halogens is 3. The van der Waals surface area contributed by atoms with E-state index in [1.165, 1.54) is 24.3 Å². The lowest BCUT2D eigenvalue weighted by Crippen LogP contribution is -2.00. The van der Waals surface area contributed by atoms with Crippen LogP contribution in [0.25, 0.3) is 16.9 Å². The van der Waals surface area contributed by atoms with Crippen molar-refractivity contribution in [2.45, 2.75) is 6.54 Å². The second-order valence-corrected chi connectivity index (χ2v) is 7.69. The Kier molecular flexibility index (Phi) is 5.93. The molecule has 0 atom stereocenters. The van der Waals surface area contributed by atoms with E-state index in [0.717, 1.165) is 11.3 Å². The first-order valence-corrected chi connectivity index (χ1v) is 10.0. The summed E-state index contributed by atoms with van der Waals surface area (Å²) in [5.41, 5.74) is 3.63. The van der Waals surface area contributed by atoms with Gasteiger partial charge in [0, 0.05) is 39.6 Å². The number of rotatable bonds is 6. The molecule has 0 saturated carbocycles. The molecule has 0 unspecified atom stereocenters. The number of aromatic nitrogens is 2. The zero-order valence-electron chi connectivity index (χ0n) is 16.0. The van der Waals surface area contributed by atoms with Gasteiger partial charge in [-0.15, -0.1) is 0 Å². The van der Waals surface area contributed by atoms with E-state index in [1.807, 2.05) is 6.20 Å². The third kappa shape index (κ3) is 4.87. The smallest absolute Gasteiger partial charge is 0.335 e. The van der Waals surface area contributed by atoms with Gasteiger partial charge in [-0.25, -0.2) is 13.9 Å². The molecule has 2 N–H and O–H groups in total. The van der Waals surface area contributed by atoms with Gasteiger partial charge >= 0.3 is 5.97 Å². The Morgan fingerprint density at radius 2 is 1.74 bits per heavy atom. The van der Waals surface area contributed by atoms with Crippen molar-refractivity contribution in [2.75, 3.05) is 5.32 Å². The van der Waals surface area contributed by atoms with Crippen molar-refractivity contribution in [3.05, 3.63) is 99.9 Å². The van der Waals surface area contributed by atoms with Gasteiger partial charge in [-0.05, 0) is 54.6 Å². The number of carboxylic acids is 1. The molecule has 4 rings (SSSR count). The van der Waals surface area contributed by atoms with Crippen molar-refractivity contribution in [3.8, 4) is 16.9 Å². The summed E-state index contributed by atoms with van der Waals surface area (Å²) in [6.45, 7) is 0.385. The van der Waals surface area contributed by atoms with Crippen molar-refractivity contribution in [2.24, 2.45) is 0 Å². The topological polar surface area (TPSA) is 67.2 Å². The standard InChI is InChI=1S/C23H16Cl2FN3O2/c24-17-9-18(25)11-20(10-17)27-12-16-13-29(21-6-4-14(5-7-21)23(30)31)28-22(16)15-2-1-3-19(26)8-15/h1-11,13,27H,12H2,(H,30,31). The average molecular weight is 456 g/mol. The van der Waals surface area contributed by atoms with Crippen LogP contribution in [0.3, 0.4) is 0 Å². The third-order valence-electron chi connectivity index (χ3n) is 4.61. The second kappa shape index (κ2) is 8.79. The lowest BCUT2D eigenvalue weighted by atomic mass is 10.1. The highest BCUT2D eigenvalue weighted by molar-refractivity contribution is 6.35. The Balaban J connectivity index is 1.70. The number of aromatic carboxylic acids is 1. The van der Waals surface area contributed by atoms with Crippen LogP contribution in [0.5, 0.6) is 0 Å². The number of benzene rings is 3. The lowest BCUT2D eigenvalue weighted by Gasteiger charge is -2.08. The molecule has 31 heavy (non-hydrogen) atoms. The quantitative estimate of drug-likeness (QED) is 0.358. The molecule has 0 spiro atoms. The predicted molar refractivity (Wildman–Crippen MR) is 120 cm³/mol. The first-order valence-electron chi connectivity index (χ1n) is 9.27. The van der Waals surface area contributed by atoms with Crippen molar-refractivity contribution < 1.29 is 14.3 Å². The van der Waals surface area contributed by atoms with Crippen LogP contribution in [0.1, 0.15) is 15.9 Å². The summed E-state index contributed by atoms with van der Waals surface area (Å²) in [7, 11) is 0. The fourth-order valence-electron chi connectivity index (χ4n) is 3.16. The molecule has 0 aliphatic rings. The fourth-order valence-corrected chi connectivity index (χ4v) is 3.69. The minimum absolute atomic E-state index is 0.181. The van der Waals surface area contributed by atoms with Crippen molar-refractivity contribution in [3.63, 3.8) is 0 Å². The number of carboxylic acid groups (broad SMARTS) is 1. The van der Waals surface area contributed by atoms with Gasteiger partial charge in [-0.1, -0.05) is 35.3 Å². The van der Waals surface area contributed by atoms with Gasteiger partial charge in [-0.2, -0.15) is 5.10 Å². The molecule has 0 radical (unpaired) electrons. The summed E-state index contributed by atoms with van der Waals surface area (Å²) in [6.07, 6.45) is 1.81. The van der Waals surface area contributed by atoms with Crippen LogP contribution in [0.15, 0.2) is 72.9 Å². The molecule has 1 aromatic heterocycles. The maximum absolute atomic E-state index is 13.8. The number of hydrogen-bond acceptors (Lipinski definition) is 3. The van der Waals surface area contributed by atoms with Gasteiger partial charge < -0.3 is 10.4 Å². The molecule has 0 aliphatic carbocycles. The Labute approximate surface area is 187 Å². The molecular weight excluding hydrogens is 440 g/mol. The summed E-state index contributed by atoms with van der Waals surface area (Å²) < 4.78 is 15.5. The highest BCUT2D eigenvalue weighted by Crippen LogP contribution is 2.27. The van der Waals surface area contributed by atoms with Crippen LogP contribution in [0.4, 0.5) is 10.1 Å². The lowest BCUT2D eigenvalue weighted by molar-refractivity contribution is 0.0697. The largest absolute Gasteiger partial charge is 0.478 e. The second-order valence-electron chi connectivity index (χ2n) is 6.82. The molecule has 1 heterocycles. The van der Waals surface area contributed by atoms with Crippen LogP contribution in [-0.2, 0) is 6.54 Å². The first kappa shape index (κ1) is 20.9. The van der Waals surface area contributed by atoms with E-state index >= 15 is 0 Å². The van der Waals surface area contributed by atoms with Crippen LogP contribution in [-0.4, -0.2) is 20.9 Å². The maximum Gasteiger partial charge on any atom is 0.335 e. The number of nitrogens with zero attached hydrogens (tertiary/aromatic N) is 2. The monoisotopic (exact) mass is 455 g/mol. The predicted octanol–water partition coefficient (Wildman–Crippen LogP) is 6.30. The maximum atomic E-state index is 13.8. The molecular formula is C23H16Cl2FN3O2. The third-order valence-corrected chi connectivity index (χ3v) is 5.05. The zero-order valence-corrected chi connectivity index (χ0v) is 17.5. The molecule has 0 saturated heterocycles. The SMILES string of the molecule is O=C(O)c1ccc(-n2cc(CNc3cc(Cl)cc(Cl)c3)c(-c3cccc(F)c3)n2)cc1. The molecule has 3 aromatic carbocycles. The zero-order chi connectivity index (χ0) is 22.0. The van der Waals surface area contributed by atoms with E-state index in [1.54, 1.807) is 47.1 Å². The van der Waals surface area contributed by atoms with Crippen LogP contribution in [0.2, 0.25) is 10.0 Å². The van der Waals surface area contributed by atoms with E-state index in [9.17, 15) is 9.18 Å². The van der Waals surface area contributed by atoms with E-state index < -0.39 is 5.97 Å². The number of carbonyl (C=O) groups is 1. The van der Waals surface area contributed by atoms with Crippen LogP contribution < -0.4 is 5.32 Å². The summed E-state index contributed by atoms with van der Waals surface area (Å²) >= 11 is 12.1. The van der Waals surface area contributed by atoms with Gasteiger partial charge in [-0.3, -0.25) is 0 Å². The van der Waals surface area contributed by atoms with Gasteiger partial charge in [0.25, 0.3) is 0 Å². The fraction of sp³-hybridized carbons (Fsp3) is 0.0435. The van der Waals surface area contributed by atoms with Crippen molar-refractivity contribution in [1.29, 1.82) is 0 Å². The van der Waals surface area contributed by atoms with Gasteiger partial charge in [0.2, 0.25) is 0 Å². The van der Waals surface area contributed by atoms with E-state index in [-0.39, 0.29) is 11.4 Å². The number of anilines is 1. The Hall–Kier alpha value is -3.35.